The Morgan fingerprint density at radius 1 is 1.31 bits per heavy atom. The zero-order valence-electron chi connectivity index (χ0n) is 9.99. The van der Waals surface area contributed by atoms with Gasteiger partial charge in [0, 0.05) is 12.0 Å². The van der Waals surface area contributed by atoms with Gasteiger partial charge in [-0.3, -0.25) is 9.59 Å². The Labute approximate surface area is 94.9 Å². The maximum Gasteiger partial charge on any atom is 0.328 e. The molecule has 0 heterocycles. The van der Waals surface area contributed by atoms with Gasteiger partial charge in [0.15, 0.2) is 5.41 Å². The molecule has 1 aliphatic carbocycles. The predicted octanol–water partition coefficient (Wildman–Crippen LogP) is 1.46. The van der Waals surface area contributed by atoms with E-state index in [1.165, 1.54) is 14.2 Å². The van der Waals surface area contributed by atoms with Crippen molar-refractivity contribution >= 4 is 11.9 Å². The summed E-state index contributed by atoms with van der Waals surface area (Å²) >= 11 is 0. The molecule has 1 saturated carbocycles. The number of carbonyl (C=O) groups is 2. The zero-order valence-corrected chi connectivity index (χ0v) is 9.99. The zero-order chi connectivity index (χ0) is 12.3. The van der Waals surface area contributed by atoms with Gasteiger partial charge in [-0.25, -0.2) is 0 Å². The lowest BCUT2D eigenvalue weighted by molar-refractivity contribution is -0.160. The lowest BCUT2D eigenvalue weighted by Gasteiger charge is -2.08. The van der Waals surface area contributed by atoms with Crippen molar-refractivity contribution in [2.75, 3.05) is 14.2 Å². The third kappa shape index (κ3) is 2.02. The number of carbonyl (C=O) groups excluding carboxylic acids is 2. The standard InChI is InChI=1S/C12H16O4/c1-8(2)5-6-9-7-12(9,10(13)15-3)11(14)16-4/h5,8H,7H2,1-4H3. The summed E-state index contributed by atoms with van der Waals surface area (Å²) in [5.74, 6) is -0.820. The molecule has 0 aromatic rings. The Morgan fingerprint density at radius 2 is 1.81 bits per heavy atom. The summed E-state index contributed by atoms with van der Waals surface area (Å²) < 4.78 is 9.25. The lowest BCUT2D eigenvalue weighted by atomic mass is 10.1. The van der Waals surface area contributed by atoms with Crippen LogP contribution in [0.1, 0.15) is 20.3 Å². The third-order valence-corrected chi connectivity index (χ3v) is 2.49. The molecule has 0 aliphatic heterocycles. The fraction of sp³-hybridized carbons (Fsp3) is 0.583. The van der Waals surface area contributed by atoms with E-state index in [1.54, 1.807) is 0 Å². The van der Waals surface area contributed by atoms with Crippen LogP contribution >= 0.6 is 0 Å². The van der Waals surface area contributed by atoms with Gasteiger partial charge in [-0.15, -0.1) is 5.73 Å². The number of rotatable bonds is 3. The average molecular weight is 224 g/mol. The van der Waals surface area contributed by atoms with Crippen molar-refractivity contribution in [2.45, 2.75) is 20.3 Å². The first kappa shape index (κ1) is 12.5. The van der Waals surface area contributed by atoms with Crippen LogP contribution in [0.5, 0.6) is 0 Å². The highest BCUT2D eigenvalue weighted by molar-refractivity contribution is 6.08. The summed E-state index contributed by atoms with van der Waals surface area (Å²) in [6.45, 7) is 3.99. The number of methoxy groups -OCH3 is 2. The van der Waals surface area contributed by atoms with Gasteiger partial charge in [0.25, 0.3) is 0 Å². The Kier molecular flexibility index (Phi) is 3.55. The van der Waals surface area contributed by atoms with Crippen LogP contribution in [0.2, 0.25) is 0 Å². The summed E-state index contributed by atoms with van der Waals surface area (Å²) in [5, 5.41) is 0. The molecule has 1 rings (SSSR count). The minimum absolute atomic E-state index is 0.320. The van der Waals surface area contributed by atoms with E-state index >= 15 is 0 Å². The number of hydrogen-bond acceptors (Lipinski definition) is 4. The van der Waals surface area contributed by atoms with E-state index in [1.807, 2.05) is 19.9 Å². The molecule has 4 heteroatoms. The molecule has 88 valence electrons. The molecule has 0 amide bonds. The molecule has 0 bridgehead atoms. The Balaban J connectivity index is 3.02. The van der Waals surface area contributed by atoms with E-state index in [2.05, 4.69) is 15.2 Å². The molecule has 16 heavy (non-hydrogen) atoms. The minimum Gasteiger partial charge on any atom is -0.468 e. The average Bonchev–Trinajstić information content (AvgIpc) is 2.99. The van der Waals surface area contributed by atoms with Crippen LogP contribution in [0.3, 0.4) is 0 Å². The van der Waals surface area contributed by atoms with E-state index < -0.39 is 17.4 Å². The van der Waals surface area contributed by atoms with Gasteiger partial charge >= 0.3 is 11.9 Å². The van der Waals surface area contributed by atoms with Gasteiger partial charge in [0.05, 0.1) is 14.2 Å². The predicted molar refractivity (Wildman–Crippen MR) is 57.5 cm³/mol. The van der Waals surface area contributed by atoms with Crippen LogP contribution in [0.15, 0.2) is 17.4 Å². The quantitative estimate of drug-likeness (QED) is 0.414. The molecule has 0 unspecified atom stereocenters. The van der Waals surface area contributed by atoms with Crippen LogP contribution in [-0.4, -0.2) is 26.2 Å². The van der Waals surface area contributed by atoms with E-state index in [4.69, 9.17) is 0 Å². The molecule has 0 spiro atoms. The van der Waals surface area contributed by atoms with Gasteiger partial charge in [-0.1, -0.05) is 13.8 Å². The molecule has 1 fully saturated rings. The van der Waals surface area contributed by atoms with Crippen molar-refractivity contribution in [2.24, 2.45) is 11.3 Å². The van der Waals surface area contributed by atoms with Gasteiger partial charge in [0.2, 0.25) is 0 Å². The van der Waals surface area contributed by atoms with E-state index in [9.17, 15) is 9.59 Å². The summed E-state index contributed by atoms with van der Waals surface area (Å²) in [6, 6.07) is 0. The molecule has 0 atom stereocenters. The molecule has 0 N–H and O–H groups in total. The second kappa shape index (κ2) is 4.54. The van der Waals surface area contributed by atoms with Gasteiger partial charge in [0.1, 0.15) is 0 Å². The van der Waals surface area contributed by atoms with Crippen molar-refractivity contribution in [3.8, 4) is 0 Å². The smallest absolute Gasteiger partial charge is 0.328 e. The Hall–Kier alpha value is -1.54. The van der Waals surface area contributed by atoms with Crippen LogP contribution in [0, 0.1) is 11.3 Å². The highest BCUT2D eigenvalue weighted by atomic mass is 16.5. The third-order valence-electron chi connectivity index (χ3n) is 2.49. The molecular weight excluding hydrogens is 208 g/mol. The minimum atomic E-state index is -1.23. The Bertz CT molecular complexity index is 356. The highest BCUT2D eigenvalue weighted by Crippen LogP contribution is 2.53. The summed E-state index contributed by atoms with van der Waals surface area (Å²) in [5.41, 5.74) is 2.38. The molecule has 1 aliphatic rings. The molecule has 0 saturated heterocycles. The maximum atomic E-state index is 11.6. The second-order valence-electron chi connectivity index (χ2n) is 4.10. The van der Waals surface area contributed by atoms with Crippen LogP contribution in [-0.2, 0) is 19.1 Å². The normalized spacial score (nSPS) is 16.4. The molecule has 4 nitrogen and oxygen atoms in total. The first-order valence-corrected chi connectivity index (χ1v) is 5.12. The molecule has 0 aromatic carbocycles. The fourth-order valence-electron chi connectivity index (χ4n) is 1.48. The highest BCUT2D eigenvalue weighted by Gasteiger charge is 2.64. The van der Waals surface area contributed by atoms with Crippen LogP contribution in [0.4, 0.5) is 0 Å². The number of ether oxygens (including phenoxy) is 2. The van der Waals surface area contributed by atoms with Crippen LogP contribution in [0.25, 0.3) is 0 Å². The van der Waals surface area contributed by atoms with E-state index in [-0.39, 0.29) is 0 Å². The number of hydrogen-bond donors (Lipinski definition) is 0. The fourth-order valence-corrected chi connectivity index (χ4v) is 1.48. The van der Waals surface area contributed by atoms with Gasteiger partial charge < -0.3 is 9.47 Å². The van der Waals surface area contributed by atoms with E-state index in [0.717, 1.165) is 0 Å². The summed E-state index contributed by atoms with van der Waals surface area (Å²) in [7, 11) is 2.52. The van der Waals surface area contributed by atoms with Gasteiger partial charge in [-0.2, -0.15) is 0 Å². The Morgan fingerprint density at radius 3 is 2.19 bits per heavy atom. The monoisotopic (exact) mass is 224 g/mol. The lowest BCUT2D eigenvalue weighted by Crippen LogP contribution is -2.28. The topological polar surface area (TPSA) is 52.6 Å². The van der Waals surface area contributed by atoms with E-state index in [0.29, 0.717) is 17.9 Å². The van der Waals surface area contributed by atoms with Crippen molar-refractivity contribution in [1.82, 2.24) is 0 Å². The van der Waals surface area contributed by atoms with Crippen LogP contribution < -0.4 is 0 Å². The van der Waals surface area contributed by atoms with Crippen molar-refractivity contribution in [3.63, 3.8) is 0 Å². The van der Waals surface area contributed by atoms with Gasteiger partial charge in [-0.05, 0) is 12.0 Å². The second-order valence-corrected chi connectivity index (χ2v) is 4.10. The summed E-state index contributed by atoms with van der Waals surface area (Å²) in [6.07, 6.45) is 2.17. The largest absolute Gasteiger partial charge is 0.468 e. The summed E-state index contributed by atoms with van der Waals surface area (Å²) in [4.78, 5) is 23.1. The van der Waals surface area contributed by atoms with Crippen molar-refractivity contribution < 1.29 is 19.1 Å². The maximum absolute atomic E-state index is 11.6. The first-order valence-electron chi connectivity index (χ1n) is 5.12. The number of esters is 2. The first-order chi connectivity index (χ1) is 7.48. The van der Waals surface area contributed by atoms with Crippen molar-refractivity contribution in [1.29, 1.82) is 0 Å². The molecule has 0 radical (unpaired) electrons. The SMILES string of the molecule is COC(=O)C1(C(=O)OC)CC1=C=CC(C)C. The molecular formula is C12H16O4. The van der Waals surface area contributed by atoms with Crippen molar-refractivity contribution in [3.05, 3.63) is 17.4 Å². The molecule has 0 aromatic heterocycles.